The lowest BCUT2D eigenvalue weighted by Gasteiger charge is -2.40. The molecule has 1 aliphatic rings. The van der Waals surface area contributed by atoms with Gasteiger partial charge in [0.2, 0.25) is 0 Å². The van der Waals surface area contributed by atoms with Gasteiger partial charge in [-0.2, -0.15) is 0 Å². The van der Waals surface area contributed by atoms with Crippen molar-refractivity contribution in [1.82, 2.24) is 0 Å². The molecule has 0 saturated heterocycles. The molecule has 3 heteroatoms. The van der Waals surface area contributed by atoms with Crippen LogP contribution in [0.1, 0.15) is 59.8 Å². The minimum atomic E-state index is -0.713. The van der Waals surface area contributed by atoms with Crippen LogP contribution in [0.2, 0.25) is 0 Å². The SMILES string of the molecule is CC(N)C(CC(=O)O)C1CCC(C(C)(C)C)CC1. The van der Waals surface area contributed by atoms with Crippen LogP contribution in [0.4, 0.5) is 0 Å². The van der Waals surface area contributed by atoms with Crippen molar-refractivity contribution in [1.29, 1.82) is 0 Å². The molecule has 1 aliphatic carbocycles. The maximum atomic E-state index is 10.9. The topological polar surface area (TPSA) is 63.3 Å². The highest BCUT2D eigenvalue weighted by Crippen LogP contribution is 2.42. The van der Waals surface area contributed by atoms with Gasteiger partial charge in [0.25, 0.3) is 0 Å². The Morgan fingerprint density at radius 1 is 1.28 bits per heavy atom. The average molecular weight is 255 g/mol. The smallest absolute Gasteiger partial charge is 0.303 e. The number of carbonyl (C=O) groups is 1. The molecule has 0 radical (unpaired) electrons. The molecule has 2 unspecified atom stereocenters. The molecule has 2 atom stereocenters. The van der Waals surface area contributed by atoms with Crippen molar-refractivity contribution in [2.75, 3.05) is 0 Å². The second kappa shape index (κ2) is 6.05. The molecule has 1 fully saturated rings. The molecule has 3 nitrogen and oxygen atoms in total. The molecule has 1 rings (SSSR count). The van der Waals surface area contributed by atoms with Gasteiger partial charge in [-0.15, -0.1) is 0 Å². The van der Waals surface area contributed by atoms with E-state index in [0.29, 0.717) is 11.3 Å². The number of carboxylic acid groups (broad SMARTS) is 1. The highest BCUT2D eigenvalue weighted by Gasteiger charge is 2.34. The molecule has 0 bridgehead atoms. The quantitative estimate of drug-likeness (QED) is 0.810. The summed E-state index contributed by atoms with van der Waals surface area (Å²) in [6.45, 7) is 8.86. The van der Waals surface area contributed by atoms with Crippen LogP contribution in [0.5, 0.6) is 0 Å². The summed E-state index contributed by atoms with van der Waals surface area (Å²) in [5.74, 6) is 0.700. The summed E-state index contributed by atoms with van der Waals surface area (Å²) >= 11 is 0. The molecule has 0 heterocycles. The number of hydrogen-bond acceptors (Lipinski definition) is 2. The van der Waals surface area contributed by atoms with Crippen LogP contribution in [-0.2, 0) is 4.79 Å². The first-order valence-electron chi connectivity index (χ1n) is 7.19. The summed E-state index contributed by atoms with van der Waals surface area (Å²) in [5.41, 5.74) is 6.35. The molecule has 18 heavy (non-hydrogen) atoms. The van der Waals surface area contributed by atoms with E-state index >= 15 is 0 Å². The number of aliphatic carboxylic acids is 1. The molecule has 0 spiro atoms. The zero-order valence-corrected chi connectivity index (χ0v) is 12.3. The van der Waals surface area contributed by atoms with Crippen molar-refractivity contribution in [3.8, 4) is 0 Å². The van der Waals surface area contributed by atoms with E-state index in [0.717, 1.165) is 18.8 Å². The van der Waals surface area contributed by atoms with Crippen molar-refractivity contribution in [2.45, 2.75) is 65.8 Å². The zero-order valence-electron chi connectivity index (χ0n) is 12.3. The highest BCUT2D eigenvalue weighted by atomic mass is 16.4. The first-order chi connectivity index (χ1) is 8.21. The van der Waals surface area contributed by atoms with Crippen molar-refractivity contribution in [3.63, 3.8) is 0 Å². The van der Waals surface area contributed by atoms with Gasteiger partial charge in [-0.25, -0.2) is 0 Å². The van der Waals surface area contributed by atoms with Crippen LogP contribution in [-0.4, -0.2) is 17.1 Å². The Morgan fingerprint density at radius 3 is 2.11 bits per heavy atom. The molecule has 0 aromatic rings. The Balaban J connectivity index is 2.56. The lowest BCUT2D eigenvalue weighted by atomic mass is 9.66. The van der Waals surface area contributed by atoms with Crippen LogP contribution in [0, 0.1) is 23.2 Å². The van der Waals surface area contributed by atoms with Gasteiger partial charge in [0.1, 0.15) is 0 Å². The molecule has 3 N–H and O–H groups in total. The third-order valence-corrected chi connectivity index (χ3v) is 4.69. The second-order valence-corrected chi connectivity index (χ2v) is 7.10. The van der Waals surface area contributed by atoms with E-state index < -0.39 is 5.97 Å². The Labute approximate surface area is 111 Å². The van der Waals surface area contributed by atoms with Gasteiger partial charge >= 0.3 is 5.97 Å². The number of rotatable bonds is 4. The first kappa shape index (κ1) is 15.5. The third-order valence-electron chi connectivity index (χ3n) is 4.69. The largest absolute Gasteiger partial charge is 0.481 e. The van der Waals surface area contributed by atoms with E-state index in [-0.39, 0.29) is 18.4 Å². The van der Waals surface area contributed by atoms with Crippen LogP contribution in [0.25, 0.3) is 0 Å². The Hall–Kier alpha value is -0.570. The van der Waals surface area contributed by atoms with E-state index in [1.807, 2.05) is 6.92 Å². The lowest BCUT2D eigenvalue weighted by molar-refractivity contribution is -0.139. The molecule has 1 saturated carbocycles. The van der Waals surface area contributed by atoms with E-state index in [4.69, 9.17) is 10.8 Å². The molecule has 0 aliphatic heterocycles. The van der Waals surface area contributed by atoms with E-state index in [1.165, 1.54) is 12.8 Å². The average Bonchev–Trinajstić information content (AvgIpc) is 2.24. The van der Waals surface area contributed by atoms with Crippen LogP contribution in [0.3, 0.4) is 0 Å². The predicted octanol–water partition coefficient (Wildman–Crippen LogP) is 3.28. The second-order valence-electron chi connectivity index (χ2n) is 7.10. The van der Waals surface area contributed by atoms with Gasteiger partial charge in [-0.3, -0.25) is 4.79 Å². The summed E-state index contributed by atoms with van der Waals surface area (Å²) in [6, 6.07) is -0.0164. The monoisotopic (exact) mass is 255 g/mol. The minimum absolute atomic E-state index is 0.0164. The van der Waals surface area contributed by atoms with E-state index in [2.05, 4.69) is 20.8 Å². The maximum absolute atomic E-state index is 10.9. The minimum Gasteiger partial charge on any atom is -0.481 e. The molecule has 0 aromatic carbocycles. The van der Waals surface area contributed by atoms with Gasteiger partial charge in [0, 0.05) is 12.5 Å². The maximum Gasteiger partial charge on any atom is 0.303 e. The van der Waals surface area contributed by atoms with Gasteiger partial charge in [-0.05, 0) is 55.8 Å². The normalized spacial score (nSPS) is 28.7. The van der Waals surface area contributed by atoms with Gasteiger partial charge in [-0.1, -0.05) is 20.8 Å². The van der Waals surface area contributed by atoms with Crippen LogP contribution >= 0.6 is 0 Å². The Morgan fingerprint density at radius 2 is 1.78 bits per heavy atom. The number of hydrogen-bond donors (Lipinski definition) is 2. The molecular formula is C15H29NO2. The van der Waals surface area contributed by atoms with Crippen molar-refractivity contribution in [3.05, 3.63) is 0 Å². The number of nitrogens with two attached hydrogens (primary N) is 1. The van der Waals surface area contributed by atoms with E-state index in [9.17, 15) is 4.79 Å². The van der Waals surface area contributed by atoms with Crippen molar-refractivity contribution < 1.29 is 9.90 Å². The highest BCUT2D eigenvalue weighted by molar-refractivity contribution is 5.67. The Kier molecular flexibility index (Phi) is 5.20. The molecular weight excluding hydrogens is 226 g/mol. The predicted molar refractivity (Wildman–Crippen MR) is 74.3 cm³/mol. The summed E-state index contributed by atoms with van der Waals surface area (Å²) in [7, 11) is 0. The fourth-order valence-electron chi connectivity index (χ4n) is 3.40. The lowest BCUT2D eigenvalue weighted by Crippen LogP contribution is -2.37. The third kappa shape index (κ3) is 4.27. The van der Waals surface area contributed by atoms with E-state index in [1.54, 1.807) is 0 Å². The molecule has 0 aromatic heterocycles. The van der Waals surface area contributed by atoms with Gasteiger partial charge in [0.15, 0.2) is 0 Å². The summed E-state index contributed by atoms with van der Waals surface area (Å²) in [5, 5.41) is 8.99. The zero-order chi connectivity index (χ0) is 13.9. The fraction of sp³-hybridized carbons (Fsp3) is 0.933. The summed E-state index contributed by atoms with van der Waals surface area (Å²) in [4.78, 5) is 10.9. The standard InChI is InChI=1S/C15H29NO2/c1-10(16)13(9-14(17)18)11-5-7-12(8-6-11)15(2,3)4/h10-13H,5-9,16H2,1-4H3,(H,17,18). The molecule has 106 valence electrons. The Bertz CT molecular complexity index is 273. The van der Waals surface area contributed by atoms with Crippen LogP contribution in [0.15, 0.2) is 0 Å². The van der Waals surface area contributed by atoms with Crippen molar-refractivity contribution >= 4 is 5.97 Å². The van der Waals surface area contributed by atoms with Gasteiger partial charge < -0.3 is 10.8 Å². The number of carboxylic acids is 1. The summed E-state index contributed by atoms with van der Waals surface area (Å²) in [6.07, 6.45) is 4.94. The van der Waals surface area contributed by atoms with Gasteiger partial charge in [0.05, 0.1) is 0 Å². The summed E-state index contributed by atoms with van der Waals surface area (Å²) < 4.78 is 0. The molecule has 0 amide bonds. The fourth-order valence-corrected chi connectivity index (χ4v) is 3.40. The van der Waals surface area contributed by atoms with Crippen LogP contribution < -0.4 is 5.73 Å². The van der Waals surface area contributed by atoms with Crippen molar-refractivity contribution in [2.24, 2.45) is 28.9 Å². The first-order valence-corrected chi connectivity index (χ1v) is 7.19.